The molecule has 0 unspecified atom stereocenters. The molecule has 2 fully saturated rings. The first-order valence-electron chi connectivity index (χ1n) is 9.91. The fraction of sp³-hybridized carbons (Fsp3) is 0.364. The number of anilines is 1. The van der Waals surface area contributed by atoms with Crippen molar-refractivity contribution in [2.75, 3.05) is 18.5 Å². The number of alkyl halides is 2. The first-order chi connectivity index (χ1) is 14.8. The van der Waals surface area contributed by atoms with Gasteiger partial charge in [-0.05, 0) is 24.3 Å². The number of halogens is 2. The zero-order valence-corrected chi connectivity index (χ0v) is 19.6. The molecule has 1 heterocycles. The number of fused-ring (bicyclic) bond motifs is 2. The van der Waals surface area contributed by atoms with Gasteiger partial charge in [-0.2, -0.15) is 0 Å². The van der Waals surface area contributed by atoms with Crippen molar-refractivity contribution in [2.24, 2.45) is 11.8 Å². The molecule has 1 saturated carbocycles. The highest BCUT2D eigenvalue weighted by molar-refractivity contribution is 9.12. The highest BCUT2D eigenvalue weighted by atomic mass is 79.9. The van der Waals surface area contributed by atoms with Gasteiger partial charge < -0.3 is 10.1 Å². The molecule has 3 amide bonds. The fourth-order valence-electron chi connectivity index (χ4n) is 4.16. The Bertz CT molecular complexity index is 1030. The van der Waals surface area contributed by atoms with Crippen LogP contribution in [0.25, 0.3) is 10.8 Å². The van der Waals surface area contributed by atoms with Crippen molar-refractivity contribution in [1.29, 1.82) is 0 Å². The van der Waals surface area contributed by atoms with E-state index in [0.29, 0.717) is 18.5 Å². The summed E-state index contributed by atoms with van der Waals surface area (Å²) in [5, 5.41) is 4.57. The second kappa shape index (κ2) is 9.08. The van der Waals surface area contributed by atoms with E-state index in [1.807, 2.05) is 36.4 Å². The summed E-state index contributed by atoms with van der Waals surface area (Å²) in [4.78, 5) is 50.9. The highest BCUT2D eigenvalue weighted by Crippen LogP contribution is 2.43. The number of amides is 3. The molecule has 2 aromatic carbocycles. The van der Waals surface area contributed by atoms with Gasteiger partial charge >= 0.3 is 5.97 Å². The standard InChI is InChI=1S/C22H20Br2N2O5/c23-16-8-14-15(9-17(16)24)22(30)26(21(14)29)10-20(28)31-11-19(27)25-18-7-3-5-12-4-1-2-6-13(12)18/h1-7,14-17H,8-11H2,(H,25,27)/t14-,15+,16+,17-. The van der Waals surface area contributed by atoms with Gasteiger partial charge in [-0.25, -0.2) is 0 Å². The van der Waals surface area contributed by atoms with Gasteiger partial charge in [0.2, 0.25) is 11.8 Å². The Morgan fingerprint density at radius 3 is 2.26 bits per heavy atom. The van der Waals surface area contributed by atoms with Gasteiger partial charge in [-0.1, -0.05) is 68.3 Å². The predicted octanol–water partition coefficient (Wildman–Crippen LogP) is 3.24. The van der Waals surface area contributed by atoms with E-state index in [1.165, 1.54) is 0 Å². The summed E-state index contributed by atoms with van der Waals surface area (Å²) in [6.45, 7) is -0.982. The van der Waals surface area contributed by atoms with Crippen molar-refractivity contribution in [3.63, 3.8) is 0 Å². The molecule has 31 heavy (non-hydrogen) atoms. The van der Waals surface area contributed by atoms with Crippen LogP contribution in [-0.4, -0.2) is 51.4 Å². The van der Waals surface area contributed by atoms with Gasteiger partial charge in [0.15, 0.2) is 6.61 Å². The van der Waals surface area contributed by atoms with Crippen LogP contribution in [0.3, 0.4) is 0 Å². The summed E-state index contributed by atoms with van der Waals surface area (Å²) in [5.41, 5.74) is 0.613. The van der Waals surface area contributed by atoms with Crippen molar-refractivity contribution in [3.8, 4) is 0 Å². The smallest absolute Gasteiger partial charge is 0.326 e. The maximum atomic E-state index is 12.6. The molecule has 1 aliphatic heterocycles. The number of esters is 1. The quantitative estimate of drug-likeness (QED) is 0.350. The average molecular weight is 552 g/mol. The van der Waals surface area contributed by atoms with Crippen LogP contribution in [0.15, 0.2) is 42.5 Å². The minimum absolute atomic E-state index is 0.0927. The number of carbonyl (C=O) groups is 4. The molecule has 7 nitrogen and oxygen atoms in total. The van der Waals surface area contributed by atoms with E-state index < -0.39 is 36.9 Å². The van der Waals surface area contributed by atoms with Crippen molar-refractivity contribution >= 4 is 72.0 Å². The number of hydrogen-bond donors (Lipinski definition) is 1. The van der Waals surface area contributed by atoms with Crippen molar-refractivity contribution in [2.45, 2.75) is 22.5 Å². The fourth-order valence-corrected chi connectivity index (χ4v) is 5.40. The number of carbonyl (C=O) groups excluding carboxylic acids is 4. The Morgan fingerprint density at radius 1 is 0.968 bits per heavy atom. The van der Waals surface area contributed by atoms with Crippen LogP contribution in [-0.2, 0) is 23.9 Å². The number of rotatable bonds is 5. The van der Waals surface area contributed by atoms with Crippen LogP contribution in [0.4, 0.5) is 5.69 Å². The summed E-state index contributed by atoms with van der Waals surface area (Å²) in [6, 6.07) is 13.1. The van der Waals surface area contributed by atoms with Crippen LogP contribution in [0.1, 0.15) is 12.8 Å². The molecule has 4 rings (SSSR count). The first-order valence-corrected chi connectivity index (χ1v) is 11.7. The van der Waals surface area contributed by atoms with E-state index in [9.17, 15) is 19.2 Å². The Labute approximate surface area is 195 Å². The minimum atomic E-state index is -0.792. The lowest BCUT2D eigenvalue weighted by Crippen LogP contribution is -2.37. The summed E-state index contributed by atoms with van der Waals surface area (Å²) >= 11 is 7.05. The van der Waals surface area contributed by atoms with Crippen molar-refractivity contribution in [3.05, 3.63) is 42.5 Å². The van der Waals surface area contributed by atoms with Gasteiger partial charge in [0, 0.05) is 20.7 Å². The number of nitrogens with zero attached hydrogens (tertiary/aromatic N) is 1. The topological polar surface area (TPSA) is 92.8 Å². The number of hydrogen-bond acceptors (Lipinski definition) is 5. The third-order valence-electron chi connectivity index (χ3n) is 5.72. The molecule has 2 aromatic rings. The van der Waals surface area contributed by atoms with Crippen molar-refractivity contribution < 1.29 is 23.9 Å². The molecular formula is C22H20Br2N2O5. The van der Waals surface area contributed by atoms with E-state index in [1.54, 1.807) is 6.07 Å². The molecule has 0 aromatic heterocycles. The van der Waals surface area contributed by atoms with E-state index in [-0.39, 0.29) is 21.5 Å². The molecule has 0 radical (unpaired) electrons. The Balaban J connectivity index is 1.32. The average Bonchev–Trinajstić information content (AvgIpc) is 2.97. The van der Waals surface area contributed by atoms with Gasteiger partial charge in [0.1, 0.15) is 6.54 Å². The van der Waals surface area contributed by atoms with Crippen LogP contribution < -0.4 is 5.32 Å². The normalized spacial score (nSPS) is 25.4. The lowest BCUT2D eigenvalue weighted by Gasteiger charge is -2.29. The SMILES string of the molecule is O=C(COC(=O)CN1C(=O)[C@H]2C[C@@H](Br)[C@@H](Br)C[C@H]2C1=O)Nc1cccc2ccccc12. The summed E-state index contributed by atoms with van der Waals surface area (Å²) in [5.74, 6) is -2.84. The lowest BCUT2D eigenvalue weighted by molar-refractivity contribution is -0.154. The molecule has 1 N–H and O–H groups in total. The lowest BCUT2D eigenvalue weighted by atomic mass is 9.81. The minimum Gasteiger partial charge on any atom is -0.454 e. The Hall–Kier alpha value is -2.26. The van der Waals surface area contributed by atoms with Gasteiger partial charge in [0.25, 0.3) is 5.91 Å². The monoisotopic (exact) mass is 550 g/mol. The third-order valence-corrected chi connectivity index (χ3v) is 8.45. The largest absolute Gasteiger partial charge is 0.454 e. The molecule has 0 bridgehead atoms. The van der Waals surface area contributed by atoms with E-state index in [2.05, 4.69) is 37.2 Å². The summed E-state index contributed by atoms with van der Waals surface area (Å²) in [6.07, 6.45) is 1.06. The van der Waals surface area contributed by atoms with Gasteiger partial charge in [0.05, 0.1) is 11.8 Å². The maximum Gasteiger partial charge on any atom is 0.326 e. The molecule has 162 valence electrons. The number of nitrogens with one attached hydrogen (secondary N) is 1. The summed E-state index contributed by atoms with van der Waals surface area (Å²) in [7, 11) is 0. The molecule has 1 aliphatic carbocycles. The number of benzene rings is 2. The second-order valence-electron chi connectivity index (χ2n) is 7.71. The van der Waals surface area contributed by atoms with E-state index in [4.69, 9.17) is 4.74 Å². The third kappa shape index (κ3) is 4.52. The Morgan fingerprint density at radius 2 is 1.58 bits per heavy atom. The summed E-state index contributed by atoms with van der Waals surface area (Å²) < 4.78 is 5.03. The maximum absolute atomic E-state index is 12.6. The number of likely N-dealkylation sites (tertiary alicyclic amines) is 1. The highest BCUT2D eigenvalue weighted by Gasteiger charge is 2.52. The van der Waals surface area contributed by atoms with Crippen LogP contribution >= 0.6 is 31.9 Å². The van der Waals surface area contributed by atoms with Crippen LogP contribution in [0.5, 0.6) is 0 Å². The van der Waals surface area contributed by atoms with Crippen molar-refractivity contribution in [1.82, 2.24) is 4.90 Å². The molecule has 9 heteroatoms. The molecule has 1 saturated heterocycles. The molecule has 0 spiro atoms. The Kier molecular flexibility index (Phi) is 6.43. The molecule has 4 atom stereocenters. The van der Waals surface area contributed by atoms with E-state index >= 15 is 0 Å². The predicted molar refractivity (Wildman–Crippen MR) is 122 cm³/mol. The van der Waals surface area contributed by atoms with Gasteiger partial charge in [-0.3, -0.25) is 24.1 Å². The molecular weight excluding hydrogens is 532 g/mol. The zero-order chi connectivity index (χ0) is 22.1. The first kappa shape index (κ1) is 22.0. The van der Waals surface area contributed by atoms with Crippen LogP contribution in [0.2, 0.25) is 0 Å². The van der Waals surface area contributed by atoms with Crippen LogP contribution in [0, 0.1) is 11.8 Å². The zero-order valence-electron chi connectivity index (χ0n) is 16.4. The number of imide groups is 1. The van der Waals surface area contributed by atoms with E-state index in [0.717, 1.165) is 15.7 Å². The van der Waals surface area contributed by atoms with Gasteiger partial charge in [-0.15, -0.1) is 0 Å². The molecule has 2 aliphatic rings. The second-order valence-corrected chi connectivity index (χ2v) is 10.1. The number of ether oxygens (including phenoxy) is 1.